The minimum atomic E-state index is 0.0161. The predicted octanol–water partition coefficient (Wildman–Crippen LogP) is 2.60. The highest BCUT2D eigenvalue weighted by molar-refractivity contribution is 5.94. The molecule has 2 heterocycles. The van der Waals surface area contributed by atoms with E-state index in [-0.39, 0.29) is 11.9 Å². The van der Waals surface area contributed by atoms with E-state index in [1.807, 2.05) is 30.3 Å². The SMILES string of the molecule is CC(=O)N1CC(c2ccccc2)Nc2cccnc21. The third-order valence-electron chi connectivity index (χ3n) is 3.32. The summed E-state index contributed by atoms with van der Waals surface area (Å²) in [6.45, 7) is 2.18. The molecule has 4 nitrogen and oxygen atoms in total. The zero-order valence-electron chi connectivity index (χ0n) is 10.7. The molecule has 0 bridgehead atoms. The molecule has 0 aliphatic carbocycles. The Kier molecular flexibility index (Phi) is 2.91. The predicted molar refractivity (Wildman–Crippen MR) is 75.1 cm³/mol. The third-order valence-corrected chi connectivity index (χ3v) is 3.32. The number of rotatable bonds is 1. The Morgan fingerprint density at radius 1 is 1.26 bits per heavy atom. The molecular weight excluding hydrogens is 238 g/mol. The highest BCUT2D eigenvalue weighted by Crippen LogP contribution is 2.33. The van der Waals surface area contributed by atoms with E-state index in [1.54, 1.807) is 18.0 Å². The van der Waals surface area contributed by atoms with Gasteiger partial charge in [0, 0.05) is 13.1 Å². The molecule has 0 saturated heterocycles. The molecule has 1 aliphatic heterocycles. The topological polar surface area (TPSA) is 45.2 Å². The van der Waals surface area contributed by atoms with Crippen LogP contribution < -0.4 is 10.2 Å². The van der Waals surface area contributed by atoms with Gasteiger partial charge in [0.15, 0.2) is 5.82 Å². The van der Waals surface area contributed by atoms with Gasteiger partial charge in [0.25, 0.3) is 0 Å². The van der Waals surface area contributed by atoms with Crippen molar-refractivity contribution in [2.24, 2.45) is 0 Å². The number of nitrogens with zero attached hydrogens (tertiary/aromatic N) is 2. The zero-order valence-corrected chi connectivity index (χ0v) is 10.7. The van der Waals surface area contributed by atoms with E-state index in [0.717, 1.165) is 5.69 Å². The maximum atomic E-state index is 11.8. The molecule has 1 unspecified atom stereocenters. The van der Waals surface area contributed by atoms with Gasteiger partial charge in [-0.3, -0.25) is 9.69 Å². The van der Waals surface area contributed by atoms with Crippen LogP contribution >= 0.6 is 0 Å². The van der Waals surface area contributed by atoms with Crippen molar-refractivity contribution in [3.63, 3.8) is 0 Å². The van der Waals surface area contributed by atoms with Crippen molar-refractivity contribution in [3.05, 3.63) is 54.2 Å². The van der Waals surface area contributed by atoms with Gasteiger partial charge < -0.3 is 5.32 Å². The van der Waals surface area contributed by atoms with E-state index in [0.29, 0.717) is 12.4 Å². The number of hydrogen-bond donors (Lipinski definition) is 1. The normalized spacial score (nSPS) is 17.5. The first-order valence-electron chi connectivity index (χ1n) is 6.30. The Morgan fingerprint density at radius 2 is 2.05 bits per heavy atom. The first-order chi connectivity index (χ1) is 9.25. The van der Waals surface area contributed by atoms with E-state index < -0.39 is 0 Å². The summed E-state index contributed by atoms with van der Waals surface area (Å²) in [5.41, 5.74) is 2.07. The minimum Gasteiger partial charge on any atom is -0.373 e. The molecule has 1 aliphatic rings. The Labute approximate surface area is 112 Å². The van der Waals surface area contributed by atoms with Crippen LogP contribution in [0.2, 0.25) is 0 Å². The van der Waals surface area contributed by atoms with Gasteiger partial charge in [0.2, 0.25) is 5.91 Å². The number of anilines is 2. The first kappa shape index (κ1) is 11.7. The fourth-order valence-electron chi connectivity index (χ4n) is 2.38. The van der Waals surface area contributed by atoms with Gasteiger partial charge in [-0.15, -0.1) is 0 Å². The Bertz CT molecular complexity index is 597. The lowest BCUT2D eigenvalue weighted by atomic mass is 10.0. The van der Waals surface area contributed by atoms with Crippen LogP contribution in [0.5, 0.6) is 0 Å². The van der Waals surface area contributed by atoms with E-state index in [9.17, 15) is 4.79 Å². The number of pyridine rings is 1. The summed E-state index contributed by atoms with van der Waals surface area (Å²) in [6.07, 6.45) is 1.71. The van der Waals surface area contributed by atoms with Crippen molar-refractivity contribution in [1.82, 2.24) is 4.98 Å². The number of carbonyl (C=O) groups is 1. The van der Waals surface area contributed by atoms with Crippen LogP contribution in [-0.4, -0.2) is 17.4 Å². The summed E-state index contributed by atoms with van der Waals surface area (Å²) in [7, 11) is 0. The molecule has 4 heteroatoms. The number of benzene rings is 1. The molecule has 0 fully saturated rings. The van der Waals surface area contributed by atoms with Crippen molar-refractivity contribution < 1.29 is 4.79 Å². The molecule has 96 valence electrons. The highest BCUT2D eigenvalue weighted by Gasteiger charge is 2.27. The lowest BCUT2D eigenvalue weighted by Crippen LogP contribution is -2.40. The molecule has 2 aromatic rings. The monoisotopic (exact) mass is 253 g/mol. The van der Waals surface area contributed by atoms with Gasteiger partial charge in [-0.2, -0.15) is 0 Å². The highest BCUT2D eigenvalue weighted by atomic mass is 16.2. The van der Waals surface area contributed by atoms with E-state index in [4.69, 9.17) is 0 Å². The standard InChI is InChI=1S/C15H15N3O/c1-11(19)18-10-14(12-6-3-2-4-7-12)17-13-8-5-9-16-15(13)18/h2-9,14,17H,10H2,1H3. The second-order valence-corrected chi connectivity index (χ2v) is 4.61. The fourth-order valence-corrected chi connectivity index (χ4v) is 2.38. The summed E-state index contributed by atoms with van der Waals surface area (Å²) in [4.78, 5) is 17.8. The quantitative estimate of drug-likeness (QED) is 0.849. The van der Waals surface area contributed by atoms with Gasteiger partial charge >= 0.3 is 0 Å². The fraction of sp³-hybridized carbons (Fsp3) is 0.200. The Balaban J connectivity index is 1.99. The zero-order chi connectivity index (χ0) is 13.2. The van der Waals surface area contributed by atoms with Gasteiger partial charge in [-0.05, 0) is 17.7 Å². The van der Waals surface area contributed by atoms with Gasteiger partial charge in [0.05, 0.1) is 18.3 Å². The average Bonchev–Trinajstić information content (AvgIpc) is 2.47. The van der Waals surface area contributed by atoms with Gasteiger partial charge in [-0.1, -0.05) is 30.3 Å². The van der Waals surface area contributed by atoms with E-state index >= 15 is 0 Å². The number of aromatic nitrogens is 1. The summed E-state index contributed by atoms with van der Waals surface area (Å²) in [6, 6.07) is 14.1. The second-order valence-electron chi connectivity index (χ2n) is 4.61. The van der Waals surface area contributed by atoms with Gasteiger partial charge in [0.1, 0.15) is 0 Å². The van der Waals surface area contributed by atoms with Crippen LogP contribution in [0.15, 0.2) is 48.7 Å². The first-order valence-corrected chi connectivity index (χ1v) is 6.30. The lowest BCUT2D eigenvalue weighted by molar-refractivity contribution is -0.116. The lowest BCUT2D eigenvalue weighted by Gasteiger charge is -2.34. The van der Waals surface area contributed by atoms with Crippen molar-refractivity contribution in [1.29, 1.82) is 0 Å². The maximum absolute atomic E-state index is 11.8. The van der Waals surface area contributed by atoms with Crippen molar-refractivity contribution >= 4 is 17.4 Å². The molecule has 0 saturated carbocycles. The third kappa shape index (κ3) is 2.17. The number of fused-ring (bicyclic) bond motifs is 1. The Morgan fingerprint density at radius 3 is 2.79 bits per heavy atom. The van der Waals surface area contributed by atoms with E-state index in [2.05, 4.69) is 22.4 Å². The van der Waals surface area contributed by atoms with Gasteiger partial charge in [-0.25, -0.2) is 4.98 Å². The summed E-state index contributed by atoms with van der Waals surface area (Å²) < 4.78 is 0. The van der Waals surface area contributed by atoms with Crippen molar-refractivity contribution in [2.45, 2.75) is 13.0 Å². The molecular formula is C15H15N3O. The summed E-state index contributed by atoms with van der Waals surface area (Å²) in [5, 5.41) is 3.44. The molecule has 1 N–H and O–H groups in total. The minimum absolute atomic E-state index is 0.0161. The summed E-state index contributed by atoms with van der Waals surface area (Å²) >= 11 is 0. The van der Waals surface area contributed by atoms with Crippen LogP contribution in [0.1, 0.15) is 18.5 Å². The molecule has 0 spiro atoms. The molecule has 1 aromatic carbocycles. The molecule has 3 rings (SSSR count). The molecule has 1 aromatic heterocycles. The van der Waals surface area contributed by atoms with Crippen molar-refractivity contribution in [2.75, 3.05) is 16.8 Å². The number of nitrogens with one attached hydrogen (secondary N) is 1. The smallest absolute Gasteiger partial charge is 0.225 e. The molecule has 0 radical (unpaired) electrons. The number of hydrogen-bond acceptors (Lipinski definition) is 3. The average molecular weight is 253 g/mol. The van der Waals surface area contributed by atoms with E-state index in [1.165, 1.54) is 5.56 Å². The van der Waals surface area contributed by atoms with Crippen LogP contribution in [0.4, 0.5) is 11.5 Å². The molecule has 1 atom stereocenters. The number of carbonyl (C=O) groups excluding carboxylic acids is 1. The molecule has 1 amide bonds. The van der Waals surface area contributed by atoms with Crippen LogP contribution in [0.3, 0.4) is 0 Å². The Hall–Kier alpha value is -2.36. The van der Waals surface area contributed by atoms with Crippen molar-refractivity contribution in [3.8, 4) is 0 Å². The van der Waals surface area contributed by atoms with Crippen LogP contribution in [0, 0.1) is 0 Å². The largest absolute Gasteiger partial charge is 0.373 e. The summed E-state index contributed by atoms with van der Waals surface area (Å²) in [5.74, 6) is 0.726. The number of amides is 1. The van der Waals surface area contributed by atoms with Crippen LogP contribution in [-0.2, 0) is 4.79 Å². The van der Waals surface area contributed by atoms with Crippen LogP contribution in [0.25, 0.3) is 0 Å². The maximum Gasteiger partial charge on any atom is 0.225 e. The molecule has 19 heavy (non-hydrogen) atoms. The second kappa shape index (κ2) is 4.72.